The second-order valence-electron chi connectivity index (χ2n) is 4.38. The molecule has 5 heteroatoms. The molecule has 0 radical (unpaired) electrons. The quantitative estimate of drug-likeness (QED) is 0.764. The van der Waals surface area contributed by atoms with E-state index in [2.05, 4.69) is 19.8 Å². The Balaban J connectivity index is 1.84. The maximum Gasteiger partial charge on any atom is 0.225 e. The van der Waals surface area contributed by atoms with Crippen molar-refractivity contribution in [1.82, 2.24) is 14.9 Å². The Bertz CT molecular complexity index is 333. The van der Waals surface area contributed by atoms with Gasteiger partial charge in [-0.3, -0.25) is 4.90 Å². The zero-order valence-electron chi connectivity index (χ0n) is 10.6. The smallest absolute Gasteiger partial charge is 0.225 e. The molecule has 0 aliphatic carbocycles. The lowest BCUT2D eigenvalue weighted by atomic mass is 10.3. The number of anilines is 1. The molecule has 0 aromatic carbocycles. The summed E-state index contributed by atoms with van der Waals surface area (Å²) >= 11 is 0. The molecular weight excluding hydrogens is 216 g/mol. The van der Waals surface area contributed by atoms with Gasteiger partial charge in [-0.05, 0) is 12.5 Å². The highest BCUT2D eigenvalue weighted by atomic mass is 16.5. The third kappa shape index (κ3) is 3.38. The maximum atomic E-state index is 5.09. The molecule has 1 saturated heterocycles. The average molecular weight is 236 g/mol. The molecule has 5 nitrogen and oxygen atoms in total. The largest absolute Gasteiger partial charge is 0.383 e. The molecule has 2 heterocycles. The Labute approximate surface area is 102 Å². The van der Waals surface area contributed by atoms with Gasteiger partial charge in [0.15, 0.2) is 0 Å². The first kappa shape index (κ1) is 12.3. The van der Waals surface area contributed by atoms with E-state index in [1.54, 1.807) is 7.11 Å². The molecule has 0 bridgehead atoms. The minimum absolute atomic E-state index is 0.807. The van der Waals surface area contributed by atoms with Crippen LogP contribution in [-0.2, 0) is 4.74 Å². The van der Waals surface area contributed by atoms with Crippen molar-refractivity contribution >= 4 is 5.95 Å². The summed E-state index contributed by atoms with van der Waals surface area (Å²) in [5.41, 5.74) is 1.10. The number of nitrogens with zero attached hydrogens (tertiary/aromatic N) is 4. The molecule has 1 aromatic heterocycles. The Morgan fingerprint density at radius 3 is 2.41 bits per heavy atom. The topological polar surface area (TPSA) is 41.5 Å². The lowest BCUT2D eigenvalue weighted by molar-refractivity contribution is 0.143. The van der Waals surface area contributed by atoms with Gasteiger partial charge in [-0.15, -0.1) is 0 Å². The lowest BCUT2D eigenvalue weighted by Crippen LogP contribution is -2.47. The van der Waals surface area contributed by atoms with Crippen LogP contribution in [0.25, 0.3) is 0 Å². The Morgan fingerprint density at radius 2 is 1.82 bits per heavy atom. The highest BCUT2D eigenvalue weighted by Crippen LogP contribution is 2.10. The zero-order chi connectivity index (χ0) is 12.1. The summed E-state index contributed by atoms with van der Waals surface area (Å²) in [5.74, 6) is 0.849. The second-order valence-corrected chi connectivity index (χ2v) is 4.38. The van der Waals surface area contributed by atoms with Crippen molar-refractivity contribution in [1.29, 1.82) is 0 Å². The van der Waals surface area contributed by atoms with Crippen molar-refractivity contribution in [3.05, 3.63) is 18.0 Å². The van der Waals surface area contributed by atoms with Crippen LogP contribution in [0.4, 0.5) is 5.95 Å². The minimum Gasteiger partial charge on any atom is -0.383 e. The van der Waals surface area contributed by atoms with Crippen LogP contribution < -0.4 is 4.90 Å². The van der Waals surface area contributed by atoms with E-state index in [0.717, 1.165) is 50.8 Å². The number of rotatable bonds is 4. The van der Waals surface area contributed by atoms with Gasteiger partial charge in [-0.25, -0.2) is 9.97 Å². The fourth-order valence-electron chi connectivity index (χ4n) is 1.94. The summed E-state index contributed by atoms with van der Waals surface area (Å²) in [4.78, 5) is 13.4. The van der Waals surface area contributed by atoms with Crippen molar-refractivity contribution < 1.29 is 4.74 Å². The minimum atomic E-state index is 0.807. The van der Waals surface area contributed by atoms with E-state index in [1.807, 2.05) is 19.3 Å². The molecule has 17 heavy (non-hydrogen) atoms. The van der Waals surface area contributed by atoms with Crippen molar-refractivity contribution in [2.75, 3.05) is 51.3 Å². The van der Waals surface area contributed by atoms with Gasteiger partial charge in [0.2, 0.25) is 5.95 Å². The van der Waals surface area contributed by atoms with E-state index >= 15 is 0 Å². The summed E-state index contributed by atoms with van der Waals surface area (Å²) in [6.07, 6.45) is 3.75. The molecule has 0 N–H and O–H groups in total. The lowest BCUT2D eigenvalue weighted by Gasteiger charge is -2.34. The molecule has 0 unspecified atom stereocenters. The van der Waals surface area contributed by atoms with E-state index < -0.39 is 0 Å². The summed E-state index contributed by atoms with van der Waals surface area (Å²) in [7, 11) is 1.75. The summed E-state index contributed by atoms with van der Waals surface area (Å²) < 4.78 is 5.09. The normalized spacial score (nSPS) is 17.4. The molecule has 0 amide bonds. The van der Waals surface area contributed by atoms with E-state index in [1.165, 1.54) is 0 Å². The van der Waals surface area contributed by atoms with Crippen LogP contribution in [-0.4, -0.2) is 61.3 Å². The van der Waals surface area contributed by atoms with Gasteiger partial charge in [0.25, 0.3) is 0 Å². The predicted molar refractivity (Wildman–Crippen MR) is 67.3 cm³/mol. The number of hydrogen-bond donors (Lipinski definition) is 0. The van der Waals surface area contributed by atoms with E-state index in [-0.39, 0.29) is 0 Å². The zero-order valence-corrected chi connectivity index (χ0v) is 10.6. The van der Waals surface area contributed by atoms with Crippen LogP contribution in [0.1, 0.15) is 5.56 Å². The number of ether oxygens (including phenoxy) is 1. The van der Waals surface area contributed by atoms with Crippen LogP contribution in [0.2, 0.25) is 0 Å². The highest BCUT2D eigenvalue weighted by Gasteiger charge is 2.18. The fraction of sp³-hybridized carbons (Fsp3) is 0.667. The van der Waals surface area contributed by atoms with E-state index in [0.29, 0.717) is 0 Å². The number of methoxy groups -OCH3 is 1. The van der Waals surface area contributed by atoms with E-state index in [4.69, 9.17) is 4.74 Å². The molecule has 1 aliphatic heterocycles. The molecule has 1 fully saturated rings. The molecule has 94 valence electrons. The van der Waals surface area contributed by atoms with Crippen molar-refractivity contribution in [3.8, 4) is 0 Å². The van der Waals surface area contributed by atoms with E-state index in [9.17, 15) is 0 Å². The first-order chi connectivity index (χ1) is 8.29. The Hall–Kier alpha value is -1.20. The number of hydrogen-bond acceptors (Lipinski definition) is 5. The summed E-state index contributed by atoms with van der Waals surface area (Å²) in [6, 6.07) is 0. The highest BCUT2D eigenvalue weighted by molar-refractivity contribution is 5.30. The summed E-state index contributed by atoms with van der Waals surface area (Å²) in [5, 5.41) is 0. The monoisotopic (exact) mass is 236 g/mol. The first-order valence-electron chi connectivity index (χ1n) is 6.04. The van der Waals surface area contributed by atoms with Crippen LogP contribution in [0, 0.1) is 6.92 Å². The molecule has 0 saturated carbocycles. The van der Waals surface area contributed by atoms with Gasteiger partial charge in [0.05, 0.1) is 6.61 Å². The summed E-state index contributed by atoms with van der Waals surface area (Å²) in [6.45, 7) is 7.92. The predicted octanol–water partition coefficient (Wildman–Crippen LogP) is 0.553. The second kappa shape index (κ2) is 5.93. The Kier molecular flexibility index (Phi) is 4.28. The molecular formula is C12H20N4O. The van der Waals surface area contributed by atoms with Gasteiger partial charge in [0, 0.05) is 52.2 Å². The van der Waals surface area contributed by atoms with Gasteiger partial charge in [-0.1, -0.05) is 0 Å². The first-order valence-corrected chi connectivity index (χ1v) is 6.04. The van der Waals surface area contributed by atoms with Crippen molar-refractivity contribution in [3.63, 3.8) is 0 Å². The maximum absolute atomic E-state index is 5.09. The van der Waals surface area contributed by atoms with Crippen LogP contribution in [0.15, 0.2) is 12.4 Å². The van der Waals surface area contributed by atoms with Gasteiger partial charge >= 0.3 is 0 Å². The molecule has 0 spiro atoms. The molecule has 1 aromatic rings. The van der Waals surface area contributed by atoms with Gasteiger partial charge < -0.3 is 9.64 Å². The van der Waals surface area contributed by atoms with Gasteiger partial charge in [0.1, 0.15) is 0 Å². The SMILES string of the molecule is COCCN1CCN(c2ncc(C)cn2)CC1. The van der Waals surface area contributed by atoms with Crippen molar-refractivity contribution in [2.24, 2.45) is 0 Å². The molecule has 2 rings (SSSR count). The molecule has 1 aliphatic rings. The average Bonchev–Trinajstić information content (AvgIpc) is 2.38. The number of piperazine rings is 1. The standard InChI is InChI=1S/C12H20N4O/c1-11-9-13-12(14-10-11)16-5-3-15(4-6-16)7-8-17-2/h9-10H,3-8H2,1-2H3. The molecule has 0 atom stereocenters. The van der Waals surface area contributed by atoms with Crippen LogP contribution in [0.5, 0.6) is 0 Å². The Morgan fingerprint density at radius 1 is 1.18 bits per heavy atom. The third-order valence-corrected chi connectivity index (χ3v) is 3.03. The van der Waals surface area contributed by atoms with Crippen LogP contribution >= 0.6 is 0 Å². The van der Waals surface area contributed by atoms with Crippen LogP contribution in [0.3, 0.4) is 0 Å². The third-order valence-electron chi connectivity index (χ3n) is 3.03. The fourth-order valence-corrected chi connectivity index (χ4v) is 1.94. The number of aromatic nitrogens is 2. The number of aryl methyl sites for hydroxylation is 1. The van der Waals surface area contributed by atoms with Gasteiger partial charge in [-0.2, -0.15) is 0 Å². The van der Waals surface area contributed by atoms with Crippen molar-refractivity contribution in [2.45, 2.75) is 6.92 Å².